The lowest BCUT2D eigenvalue weighted by molar-refractivity contribution is -0.207. The topological polar surface area (TPSA) is 69.2 Å². The molecule has 1 saturated carbocycles. The van der Waals surface area contributed by atoms with Crippen LogP contribution >= 0.6 is 0 Å². The van der Waals surface area contributed by atoms with Gasteiger partial charge in [-0.3, -0.25) is 0 Å². The van der Waals surface area contributed by atoms with Crippen molar-refractivity contribution in [3.8, 4) is 0 Å². The molecule has 0 bridgehead atoms. The number of oxime groups is 1. The summed E-state index contributed by atoms with van der Waals surface area (Å²) in [6.07, 6.45) is -5.49. The summed E-state index contributed by atoms with van der Waals surface area (Å²) in [6, 6.07) is 0. The average Bonchev–Trinajstić information content (AvgIpc) is 2.69. The van der Waals surface area contributed by atoms with Crippen LogP contribution in [0.15, 0.2) is 5.16 Å². The van der Waals surface area contributed by atoms with Gasteiger partial charge in [-0.15, -0.1) is 0 Å². The Labute approximate surface area is 124 Å². The summed E-state index contributed by atoms with van der Waals surface area (Å²) in [5.41, 5.74) is -1.40. The molecule has 1 N–H and O–H groups in total. The molecule has 1 aliphatic carbocycles. The number of rotatable bonds is 3. The Balaban J connectivity index is 1.81. The Kier molecular flexibility index (Phi) is 3.23. The van der Waals surface area contributed by atoms with E-state index in [1.807, 2.05) is 0 Å². The van der Waals surface area contributed by atoms with E-state index < -0.39 is 35.4 Å². The number of carbonyl (C=O) groups excluding carboxylic acids is 1. The lowest BCUT2D eigenvalue weighted by Crippen LogP contribution is -2.43. The first-order valence-electron chi connectivity index (χ1n) is 6.93. The van der Waals surface area contributed by atoms with Crippen molar-refractivity contribution in [2.45, 2.75) is 37.3 Å². The smallest absolute Gasteiger partial charge is 0.450 e. The van der Waals surface area contributed by atoms with E-state index in [-0.39, 0.29) is 12.5 Å². The van der Waals surface area contributed by atoms with Crippen LogP contribution in [-0.2, 0) is 19.1 Å². The van der Waals surface area contributed by atoms with E-state index in [9.17, 15) is 18.0 Å². The van der Waals surface area contributed by atoms with E-state index in [1.54, 1.807) is 13.8 Å². The van der Waals surface area contributed by atoms with Crippen molar-refractivity contribution in [2.24, 2.45) is 17.0 Å². The number of halogens is 3. The van der Waals surface area contributed by atoms with Gasteiger partial charge in [0.05, 0.1) is 11.6 Å². The molecule has 1 saturated heterocycles. The van der Waals surface area contributed by atoms with Crippen LogP contribution in [0, 0.1) is 11.8 Å². The van der Waals surface area contributed by atoms with Gasteiger partial charge >= 0.3 is 12.1 Å². The second-order valence-corrected chi connectivity index (χ2v) is 6.38. The summed E-state index contributed by atoms with van der Waals surface area (Å²) in [5, 5.41) is 6.94. The molecule has 2 heterocycles. The minimum Gasteiger partial charge on any atom is -0.450 e. The molecule has 0 spiro atoms. The maximum absolute atomic E-state index is 12.5. The molecular weight excluding hydrogens is 305 g/mol. The van der Waals surface area contributed by atoms with Crippen LogP contribution in [0.5, 0.6) is 0 Å². The Morgan fingerprint density at radius 2 is 2.14 bits per heavy atom. The van der Waals surface area contributed by atoms with Gasteiger partial charge in [0.15, 0.2) is 5.60 Å². The first-order valence-corrected chi connectivity index (χ1v) is 6.93. The zero-order valence-corrected chi connectivity index (χ0v) is 12.4. The predicted octanol–water partition coefficient (Wildman–Crippen LogP) is 0.860. The number of methoxy groups -OCH3 is 1. The number of piperidine rings is 1. The minimum atomic E-state index is -5.01. The highest BCUT2D eigenvalue weighted by Crippen LogP contribution is 2.58. The average molecular weight is 322 g/mol. The molecule has 0 aromatic heterocycles. The van der Waals surface area contributed by atoms with E-state index in [2.05, 4.69) is 10.5 Å². The number of nitrogens with zero attached hydrogens (tertiary/aromatic N) is 1. The number of esters is 1. The summed E-state index contributed by atoms with van der Waals surface area (Å²) < 4.78 is 47.6. The highest BCUT2D eigenvalue weighted by atomic mass is 19.4. The number of carbonyl (C=O) groups is 1. The van der Waals surface area contributed by atoms with Gasteiger partial charge < -0.3 is 19.6 Å². The molecule has 6 nitrogen and oxygen atoms in total. The third kappa shape index (κ3) is 2.10. The molecule has 9 heteroatoms. The van der Waals surface area contributed by atoms with Gasteiger partial charge in [-0.2, -0.15) is 13.2 Å². The first-order chi connectivity index (χ1) is 10.1. The number of fused-ring (bicyclic) bond motifs is 1. The number of nitrogens with one attached hydrogen (secondary N) is 1. The summed E-state index contributed by atoms with van der Waals surface area (Å²) in [4.78, 5) is 16.5. The molecule has 0 amide bonds. The summed E-state index contributed by atoms with van der Waals surface area (Å²) >= 11 is 0. The van der Waals surface area contributed by atoms with Crippen LogP contribution < -0.4 is 5.32 Å². The van der Waals surface area contributed by atoms with E-state index in [4.69, 9.17) is 14.3 Å². The van der Waals surface area contributed by atoms with Crippen molar-refractivity contribution in [2.75, 3.05) is 20.2 Å². The minimum absolute atomic E-state index is 0.167. The predicted molar refractivity (Wildman–Crippen MR) is 68.1 cm³/mol. The van der Waals surface area contributed by atoms with E-state index >= 15 is 0 Å². The lowest BCUT2D eigenvalue weighted by Gasteiger charge is -2.25. The number of hydrogen-bond acceptors (Lipinski definition) is 6. The van der Waals surface area contributed by atoms with E-state index in [0.29, 0.717) is 12.3 Å². The van der Waals surface area contributed by atoms with Gasteiger partial charge in [-0.25, -0.2) is 4.79 Å². The number of hydrogen-bond donors (Lipinski definition) is 1. The summed E-state index contributed by atoms with van der Waals surface area (Å²) in [5.74, 6) is -2.82. The third-order valence-corrected chi connectivity index (χ3v) is 4.57. The van der Waals surface area contributed by atoms with Gasteiger partial charge in [0.1, 0.15) is 11.7 Å². The lowest BCUT2D eigenvalue weighted by atomic mass is 9.94. The molecule has 22 heavy (non-hydrogen) atoms. The molecule has 124 valence electrons. The SMILES string of the molecule is COC1C(C2C3CNCC32OC(=O)C(F)(F)F)=NOC1(C)C. The van der Waals surface area contributed by atoms with E-state index in [1.165, 1.54) is 7.11 Å². The fraction of sp³-hybridized carbons (Fsp3) is 0.846. The molecule has 2 fully saturated rings. The molecule has 0 radical (unpaired) electrons. The van der Waals surface area contributed by atoms with Crippen molar-refractivity contribution in [1.29, 1.82) is 0 Å². The molecule has 4 atom stereocenters. The first kappa shape index (κ1) is 15.5. The molecule has 3 aliphatic rings. The van der Waals surface area contributed by atoms with Crippen molar-refractivity contribution in [3.63, 3.8) is 0 Å². The zero-order chi connectivity index (χ0) is 16.3. The highest BCUT2D eigenvalue weighted by Gasteiger charge is 2.75. The standard InChI is InChI=1S/C13H17F3N2O4/c1-11(2)9(20-3)8(18-22-11)7-6-4-17-5-12(6,7)21-10(19)13(14,15)16/h6-7,9,17H,4-5H2,1-3H3. The Morgan fingerprint density at radius 3 is 2.73 bits per heavy atom. The van der Waals surface area contributed by atoms with Crippen LogP contribution in [0.4, 0.5) is 13.2 Å². The number of ether oxygens (including phenoxy) is 2. The largest absolute Gasteiger partial charge is 0.490 e. The van der Waals surface area contributed by atoms with Crippen molar-refractivity contribution in [1.82, 2.24) is 5.32 Å². The Morgan fingerprint density at radius 1 is 1.45 bits per heavy atom. The molecule has 0 aromatic carbocycles. The van der Waals surface area contributed by atoms with Crippen molar-refractivity contribution in [3.05, 3.63) is 0 Å². The second kappa shape index (κ2) is 4.58. The van der Waals surface area contributed by atoms with Gasteiger partial charge in [0.25, 0.3) is 0 Å². The normalized spacial score (nSPS) is 39.0. The third-order valence-electron chi connectivity index (χ3n) is 4.57. The molecule has 2 aliphatic heterocycles. The molecular formula is C13H17F3N2O4. The monoisotopic (exact) mass is 322 g/mol. The van der Waals surface area contributed by atoms with Crippen LogP contribution in [0.2, 0.25) is 0 Å². The second-order valence-electron chi connectivity index (χ2n) is 6.38. The zero-order valence-electron chi connectivity index (χ0n) is 12.4. The Bertz CT molecular complexity index is 534. The maximum Gasteiger partial charge on any atom is 0.490 e. The Hall–Kier alpha value is -1.35. The van der Waals surface area contributed by atoms with Gasteiger partial charge in [0.2, 0.25) is 0 Å². The van der Waals surface area contributed by atoms with Crippen LogP contribution in [0.1, 0.15) is 13.8 Å². The van der Waals surface area contributed by atoms with Gasteiger partial charge in [-0.05, 0) is 13.8 Å². The molecule has 4 unspecified atom stereocenters. The summed E-state index contributed by atoms with van der Waals surface area (Å²) in [6.45, 7) is 4.19. The van der Waals surface area contributed by atoms with Crippen LogP contribution in [-0.4, -0.2) is 55.4 Å². The summed E-state index contributed by atoms with van der Waals surface area (Å²) in [7, 11) is 1.49. The molecule has 3 rings (SSSR count). The van der Waals surface area contributed by atoms with Crippen molar-refractivity contribution < 1.29 is 32.3 Å². The molecule has 0 aromatic rings. The quantitative estimate of drug-likeness (QED) is 0.781. The highest BCUT2D eigenvalue weighted by molar-refractivity contribution is 5.97. The fourth-order valence-electron chi connectivity index (χ4n) is 3.56. The van der Waals surface area contributed by atoms with Crippen LogP contribution in [0.25, 0.3) is 0 Å². The van der Waals surface area contributed by atoms with Gasteiger partial charge in [-0.1, -0.05) is 5.16 Å². The maximum atomic E-state index is 12.5. The van der Waals surface area contributed by atoms with Crippen LogP contribution in [0.3, 0.4) is 0 Å². The fourth-order valence-corrected chi connectivity index (χ4v) is 3.56. The van der Waals surface area contributed by atoms with Crippen molar-refractivity contribution >= 4 is 11.7 Å². The van der Waals surface area contributed by atoms with Gasteiger partial charge in [0, 0.05) is 26.1 Å². The van der Waals surface area contributed by atoms with E-state index in [0.717, 1.165) is 0 Å². The number of alkyl halides is 3.